The van der Waals surface area contributed by atoms with Crippen LogP contribution in [0.25, 0.3) is 21.9 Å². The zero-order valence-electron chi connectivity index (χ0n) is 16.7. The number of rotatable bonds is 5. The van der Waals surface area contributed by atoms with E-state index in [0.29, 0.717) is 0 Å². The smallest absolute Gasteiger partial charge is 0.0773 e. The Labute approximate surface area is 177 Å². The lowest BCUT2D eigenvalue weighted by molar-refractivity contribution is 0.944. The first-order chi connectivity index (χ1) is 14.9. The molecular weight excluding hydrogens is 362 g/mol. The Balaban J connectivity index is 1.67. The summed E-state index contributed by atoms with van der Waals surface area (Å²) in [6, 6.07) is 45.0. The highest BCUT2D eigenvalue weighted by atomic mass is 14.9. The van der Waals surface area contributed by atoms with Gasteiger partial charge >= 0.3 is 0 Å². The van der Waals surface area contributed by atoms with E-state index in [2.05, 4.69) is 133 Å². The molecule has 0 spiro atoms. The van der Waals surface area contributed by atoms with Crippen LogP contribution >= 0.6 is 0 Å². The van der Waals surface area contributed by atoms with Gasteiger partial charge < -0.3 is 5.32 Å². The minimum absolute atomic E-state index is 0.0356. The second-order valence-electron chi connectivity index (χ2n) is 7.47. The van der Waals surface area contributed by atoms with E-state index in [4.69, 9.17) is 0 Å². The highest BCUT2D eigenvalue weighted by Crippen LogP contribution is 2.35. The van der Waals surface area contributed by atoms with E-state index in [1.165, 1.54) is 33.0 Å². The van der Waals surface area contributed by atoms with E-state index in [0.717, 1.165) is 5.69 Å². The minimum atomic E-state index is 0.0356. The zero-order valence-corrected chi connectivity index (χ0v) is 16.7. The quantitative estimate of drug-likeness (QED) is 0.327. The van der Waals surface area contributed by atoms with E-state index in [-0.39, 0.29) is 6.04 Å². The van der Waals surface area contributed by atoms with Crippen molar-refractivity contribution in [3.8, 4) is 11.1 Å². The molecule has 144 valence electrons. The van der Waals surface area contributed by atoms with E-state index in [1.807, 2.05) is 0 Å². The van der Waals surface area contributed by atoms with Crippen molar-refractivity contribution in [3.05, 3.63) is 139 Å². The molecule has 1 atom stereocenters. The molecule has 1 unspecified atom stereocenters. The van der Waals surface area contributed by atoms with E-state index in [9.17, 15) is 0 Å². The molecule has 0 bridgehead atoms. The highest BCUT2D eigenvalue weighted by molar-refractivity contribution is 5.94. The first-order valence-electron chi connectivity index (χ1n) is 10.3. The monoisotopic (exact) mass is 385 g/mol. The molecule has 0 amide bonds. The van der Waals surface area contributed by atoms with Gasteiger partial charge in [-0.2, -0.15) is 0 Å². The SMILES string of the molecule is c1ccc(-c2ccccc2C(Nc2cccc3ccccc23)c2ccccc2)cc1. The first-order valence-corrected chi connectivity index (χ1v) is 10.3. The third-order valence-corrected chi connectivity index (χ3v) is 5.58. The van der Waals surface area contributed by atoms with Crippen molar-refractivity contribution >= 4 is 16.5 Å². The largest absolute Gasteiger partial charge is 0.374 e. The molecule has 5 aromatic rings. The van der Waals surface area contributed by atoms with Crippen LogP contribution in [0.2, 0.25) is 0 Å². The van der Waals surface area contributed by atoms with Crippen molar-refractivity contribution in [3.63, 3.8) is 0 Å². The van der Waals surface area contributed by atoms with Crippen LogP contribution in [0.5, 0.6) is 0 Å². The van der Waals surface area contributed by atoms with Crippen LogP contribution in [0.3, 0.4) is 0 Å². The van der Waals surface area contributed by atoms with Gasteiger partial charge in [-0.05, 0) is 33.7 Å². The molecular formula is C29H23N. The fourth-order valence-electron chi connectivity index (χ4n) is 4.12. The summed E-state index contributed by atoms with van der Waals surface area (Å²) in [5.41, 5.74) is 6.13. The molecule has 0 aliphatic rings. The first kappa shape index (κ1) is 18.2. The maximum Gasteiger partial charge on any atom is 0.0773 e. The van der Waals surface area contributed by atoms with E-state index in [1.54, 1.807) is 0 Å². The van der Waals surface area contributed by atoms with Crippen molar-refractivity contribution in [1.29, 1.82) is 0 Å². The predicted molar refractivity (Wildman–Crippen MR) is 128 cm³/mol. The van der Waals surface area contributed by atoms with E-state index >= 15 is 0 Å². The molecule has 0 saturated heterocycles. The fraction of sp³-hybridized carbons (Fsp3) is 0.0345. The highest BCUT2D eigenvalue weighted by Gasteiger charge is 2.18. The zero-order chi connectivity index (χ0) is 20.2. The van der Waals surface area contributed by atoms with Gasteiger partial charge in [0.2, 0.25) is 0 Å². The number of benzene rings is 5. The summed E-state index contributed by atoms with van der Waals surface area (Å²) in [6.45, 7) is 0. The third kappa shape index (κ3) is 3.58. The lowest BCUT2D eigenvalue weighted by Gasteiger charge is -2.24. The molecule has 0 aromatic heterocycles. The van der Waals surface area contributed by atoms with Gasteiger partial charge in [-0.25, -0.2) is 0 Å². The summed E-state index contributed by atoms with van der Waals surface area (Å²) in [4.78, 5) is 0. The molecule has 30 heavy (non-hydrogen) atoms. The Morgan fingerprint density at radius 3 is 1.97 bits per heavy atom. The van der Waals surface area contributed by atoms with Gasteiger partial charge in [0, 0.05) is 11.1 Å². The van der Waals surface area contributed by atoms with E-state index < -0.39 is 0 Å². The summed E-state index contributed by atoms with van der Waals surface area (Å²) in [6.07, 6.45) is 0. The number of nitrogens with one attached hydrogen (secondary N) is 1. The second-order valence-corrected chi connectivity index (χ2v) is 7.47. The summed E-state index contributed by atoms with van der Waals surface area (Å²) in [5, 5.41) is 6.34. The minimum Gasteiger partial charge on any atom is -0.374 e. The van der Waals surface area contributed by atoms with Gasteiger partial charge in [0.15, 0.2) is 0 Å². The molecule has 1 N–H and O–H groups in total. The summed E-state index contributed by atoms with van der Waals surface area (Å²) >= 11 is 0. The standard InChI is InChI=1S/C29H23N/c1-3-12-22(13-4-1)25-18-9-10-20-27(25)29(24-15-5-2-6-16-24)30-28-21-11-17-23-14-7-8-19-26(23)28/h1-21,29-30H. The molecule has 0 heterocycles. The van der Waals surface area contributed by atoms with Crippen molar-refractivity contribution in [1.82, 2.24) is 0 Å². The topological polar surface area (TPSA) is 12.0 Å². The van der Waals surface area contributed by atoms with Crippen LogP contribution in [-0.4, -0.2) is 0 Å². The Morgan fingerprint density at radius 2 is 1.13 bits per heavy atom. The van der Waals surface area contributed by atoms with Crippen molar-refractivity contribution in [2.75, 3.05) is 5.32 Å². The van der Waals surface area contributed by atoms with Crippen molar-refractivity contribution in [2.24, 2.45) is 0 Å². The van der Waals surface area contributed by atoms with Crippen molar-refractivity contribution in [2.45, 2.75) is 6.04 Å². The average molecular weight is 386 g/mol. The number of hydrogen-bond acceptors (Lipinski definition) is 1. The molecule has 1 heteroatoms. The lowest BCUT2D eigenvalue weighted by Crippen LogP contribution is -2.13. The van der Waals surface area contributed by atoms with Gasteiger partial charge in [0.05, 0.1) is 6.04 Å². The predicted octanol–water partition coefficient (Wildman–Crippen LogP) is 7.71. The molecule has 0 aliphatic carbocycles. The van der Waals surface area contributed by atoms with Gasteiger partial charge in [-0.3, -0.25) is 0 Å². The Kier molecular flexibility index (Phi) is 5.01. The summed E-state index contributed by atoms with van der Waals surface area (Å²) < 4.78 is 0. The molecule has 0 radical (unpaired) electrons. The molecule has 0 aliphatic heterocycles. The van der Waals surface area contributed by atoms with Crippen LogP contribution in [0, 0.1) is 0 Å². The second kappa shape index (κ2) is 8.26. The Hall–Kier alpha value is -3.84. The number of hydrogen-bond donors (Lipinski definition) is 1. The maximum absolute atomic E-state index is 3.86. The Morgan fingerprint density at radius 1 is 0.500 bits per heavy atom. The normalized spacial score (nSPS) is 11.9. The molecule has 0 fully saturated rings. The third-order valence-electron chi connectivity index (χ3n) is 5.58. The lowest BCUT2D eigenvalue weighted by atomic mass is 9.90. The molecule has 5 aromatic carbocycles. The van der Waals surface area contributed by atoms with Crippen molar-refractivity contribution < 1.29 is 0 Å². The van der Waals surface area contributed by atoms with Gasteiger partial charge in [-0.15, -0.1) is 0 Å². The van der Waals surface area contributed by atoms with Crippen LogP contribution in [-0.2, 0) is 0 Å². The summed E-state index contributed by atoms with van der Waals surface area (Å²) in [5.74, 6) is 0. The Bertz CT molecular complexity index is 1250. The molecule has 0 saturated carbocycles. The average Bonchev–Trinajstić information content (AvgIpc) is 2.84. The number of anilines is 1. The van der Waals surface area contributed by atoms with Crippen LogP contribution < -0.4 is 5.32 Å². The van der Waals surface area contributed by atoms with Crippen LogP contribution in [0.15, 0.2) is 127 Å². The number of fused-ring (bicyclic) bond motifs is 1. The van der Waals surface area contributed by atoms with Gasteiger partial charge in [0.1, 0.15) is 0 Å². The fourth-order valence-corrected chi connectivity index (χ4v) is 4.12. The van der Waals surface area contributed by atoms with Crippen LogP contribution in [0.4, 0.5) is 5.69 Å². The molecule has 1 nitrogen and oxygen atoms in total. The molecule has 5 rings (SSSR count). The maximum atomic E-state index is 3.86. The van der Waals surface area contributed by atoms with Crippen LogP contribution in [0.1, 0.15) is 17.2 Å². The summed E-state index contributed by atoms with van der Waals surface area (Å²) in [7, 11) is 0. The van der Waals surface area contributed by atoms with Gasteiger partial charge in [-0.1, -0.05) is 121 Å². The van der Waals surface area contributed by atoms with Gasteiger partial charge in [0.25, 0.3) is 0 Å².